The van der Waals surface area contributed by atoms with Gasteiger partial charge < -0.3 is 0 Å². The van der Waals surface area contributed by atoms with E-state index in [1.807, 2.05) is 6.20 Å². The van der Waals surface area contributed by atoms with Gasteiger partial charge >= 0.3 is 0 Å². The van der Waals surface area contributed by atoms with Crippen molar-refractivity contribution in [1.82, 2.24) is 0 Å². The molecule has 2 aliphatic rings. The molecule has 2 rings (SSSR count). The Balaban J connectivity index is 2.08. The topological polar surface area (TPSA) is 12.4 Å². The molecule has 0 aromatic heterocycles. The molecule has 0 N–H and O–H groups in total. The molecule has 14 heavy (non-hydrogen) atoms. The molecule has 0 saturated heterocycles. The summed E-state index contributed by atoms with van der Waals surface area (Å²) in [6.45, 7) is 2.16. The van der Waals surface area contributed by atoms with E-state index in [0.29, 0.717) is 5.92 Å². The van der Waals surface area contributed by atoms with E-state index < -0.39 is 0 Å². The van der Waals surface area contributed by atoms with E-state index >= 15 is 0 Å². The molecule has 1 aliphatic carbocycles. The lowest BCUT2D eigenvalue weighted by Gasteiger charge is -2.18. The zero-order valence-electron chi connectivity index (χ0n) is 8.74. The minimum atomic E-state index is 0.648. The van der Waals surface area contributed by atoms with Crippen molar-refractivity contribution < 1.29 is 0 Å². The van der Waals surface area contributed by atoms with Crippen LogP contribution in [0.1, 0.15) is 32.6 Å². The minimum Gasteiger partial charge on any atom is -0.265 e. The fourth-order valence-electron chi connectivity index (χ4n) is 1.97. The molecule has 1 heterocycles. The van der Waals surface area contributed by atoms with Crippen LogP contribution < -0.4 is 0 Å². The molecule has 1 aliphatic heterocycles. The highest BCUT2D eigenvalue weighted by molar-refractivity contribution is 5.88. The quantitative estimate of drug-likeness (QED) is 0.594. The second-order valence-electron chi connectivity index (χ2n) is 4.12. The fraction of sp³-hybridized carbons (Fsp3) is 0.462. The van der Waals surface area contributed by atoms with Gasteiger partial charge in [-0.3, -0.25) is 4.99 Å². The van der Waals surface area contributed by atoms with E-state index in [4.69, 9.17) is 0 Å². The van der Waals surface area contributed by atoms with E-state index in [2.05, 4.69) is 36.2 Å². The third kappa shape index (κ3) is 2.22. The molecule has 0 aromatic rings. The van der Waals surface area contributed by atoms with Gasteiger partial charge in [-0.25, -0.2) is 0 Å². The summed E-state index contributed by atoms with van der Waals surface area (Å²) in [6.07, 6.45) is 15.5. The Labute approximate surface area is 85.9 Å². The van der Waals surface area contributed by atoms with Crippen molar-refractivity contribution in [2.45, 2.75) is 32.6 Å². The molecule has 0 unspecified atom stereocenters. The van der Waals surface area contributed by atoms with Crippen LogP contribution in [0.5, 0.6) is 0 Å². The minimum absolute atomic E-state index is 0.648. The summed E-state index contributed by atoms with van der Waals surface area (Å²) in [6, 6.07) is 0. The van der Waals surface area contributed by atoms with Crippen LogP contribution >= 0.6 is 0 Å². The van der Waals surface area contributed by atoms with Gasteiger partial charge in [0.25, 0.3) is 0 Å². The van der Waals surface area contributed by atoms with Crippen molar-refractivity contribution in [3.8, 4) is 0 Å². The number of nitrogens with zero attached hydrogens (tertiary/aromatic N) is 1. The summed E-state index contributed by atoms with van der Waals surface area (Å²) < 4.78 is 0. The van der Waals surface area contributed by atoms with Crippen LogP contribution in [0.15, 0.2) is 41.1 Å². The van der Waals surface area contributed by atoms with Crippen molar-refractivity contribution in [2.24, 2.45) is 10.9 Å². The number of aliphatic imine (C=N–C) groups is 1. The van der Waals surface area contributed by atoms with Crippen molar-refractivity contribution in [1.29, 1.82) is 0 Å². The molecule has 0 fully saturated rings. The fourth-order valence-corrected chi connectivity index (χ4v) is 1.97. The second kappa shape index (κ2) is 4.41. The third-order valence-electron chi connectivity index (χ3n) is 2.92. The maximum absolute atomic E-state index is 4.56. The lowest BCUT2D eigenvalue weighted by atomic mass is 9.91. The van der Waals surface area contributed by atoms with Crippen molar-refractivity contribution >= 4 is 5.71 Å². The average Bonchev–Trinajstić information content (AvgIpc) is 2.47. The predicted octanol–water partition coefficient (Wildman–Crippen LogP) is 3.65. The summed E-state index contributed by atoms with van der Waals surface area (Å²) >= 11 is 0. The Bertz CT molecular complexity index is 304. The number of allylic oxidation sites excluding steroid dienone is 5. The van der Waals surface area contributed by atoms with E-state index in [1.54, 1.807) is 0 Å². The lowest BCUT2D eigenvalue weighted by Crippen LogP contribution is -2.15. The van der Waals surface area contributed by atoms with Crippen LogP contribution in [-0.4, -0.2) is 5.71 Å². The monoisotopic (exact) mass is 187 g/mol. The Hall–Kier alpha value is -1.11. The van der Waals surface area contributed by atoms with Gasteiger partial charge in [0, 0.05) is 17.8 Å². The zero-order chi connectivity index (χ0) is 9.80. The van der Waals surface area contributed by atoms with Gasteiger partial charge in [-0.2, -0.15) is 0 Å². The Morgan fingerprint density at radius 2 is 1.86 bits per heavy atom. The molecular weight excluding hydrogens is 170 g/mol. The first-order chi connectivity index (χ1) is 6.86. The SMILES string of the molecule is CC1=CN=C(C2CC=CC=CC2)CC1. The maximum atomic E-state index is 4.56. The number of hydrogen-bond acceptors (Lipinski definition) is 1. The maximum Gasteiger partial charge on any atom is 0.0256 e. The molecule has 0 aromatic carbocycles. The molecule has 1 nitrogen and oxygen atoms in total. The second-order valence-corrected chi connectivity index (χ2v) is 4.12. The van der Waals surface area contributed by atoms with Gasteiger partial charge in [-0.15, -0.1) is 0 Å². The van der Waals surface area contributed by atoms with Gasteiger partial charge in [0.05, 0.1) is 0 Å². The number of rotatable bonds is 1. The van der Waals surface area contributed by atoms with Gasteiger partial charge in [-0.1, -0.05) is 29.9 Å². The van der Waals surface area contributed by atoms with Gasteiger partial charge in [0.1, 0.15) is 0 Å². The standard InChI is InChI=1S/C13H17N/c1-11-8-9-13(14-10-11)12-6-4-2-3-5-7-12/h2-5,10,12H,6-9H2,1H3. The van der Waals surface area contributed by atoms with Crippen LogP contribution in [0.25, 0.3) is 0 Å². The summed E-state index contributed by atoms with van der Waals surface area (Å²) in [4.78, 5) is 4.56. The first kappa shape index (κ1) is 9.45. The molecular formula is C13H17N. The summed E-state index contributed by atoms with van der Waals surface area (Å²) in [5.74, 6) is 0.648. The normalized spacial score (nSPS) is 22.9. The molecule has 0 radical (unpaired) electrons. The van der Waals surface area contributed by atoms with E-state index in [9.17, 15) is 0 Å². The molecule has 0 spiro atoms. The Morgan fingerprint density at radius 3 is 2.43 bits per heavy atom. The zero-order valence-corrected chi connectivity index (χ0v) is 8.74. The van der Waals surface area contributed by atoms with Gasteiger partial charge in [0.2, 0.25) is 0 Å². The van der Waals surface area contributed by atoms with Crippen LogP contribution in [0, 0.1) is 5.92 Å². The highest BCUT2D eigenvalue weighted by Gasteiger charge is 2.15. The Kier molecular flexibility index (Phi) is 2.97. The average molecular weight is 187 g/mol. The van der Waals surface area contributed by atoms with E-state index in [1.165, 1.54) is 17.7 Å². The summed E-state index contributed by atoms with van der Waals surface area (Å²) in [5, 5.41) is 0. The Morgan fingerprint density at radius 1 is 1.14 bits per heavy atom. The molecule has 0 saturated carbocycles. The largest absolute Gasteiger partial charge is 0.265 e. The first-order valence-electron chi connectivity index (χ1n) is 5.40. The molecule has 0 bridgehead atoms. The molecule has 0 atom stereocenters. The van der Waals surface area contributed by atoms with Gasteiger partial charge in [-0.05, 0) is 32.6 Å². The highest BCUT2D eigenvalue weighted by Crippen LogP contribution is 2.23. The summed E-state index contributed by atoms with van der Waals surface area (Å²) in [5.41, 5.74) is 2.81. The number of hydrogen-bond donors (Lipinski definition) is 0. The van der Waals surface area contributed by atoms with Crippen LogP contribution in [0.3, 0.4) is 0 Å². The van der Waals surface area contributed by atoms with Crippen molar-refractivity contribution in [2.75, 3.05) is 0 Å². The van der Waals surface area contributed by atoms with E-state index in [0.717, 1.165) is 19.3 Å². The van der Waals surface area contributed by atoms with Gasteiger partial charge in [0.15, 0.2) is 0 Å². The van der Waals surface area contributed by atoms with E-state index in [-0.39, 0.29) is 0 Å². The molecule has 0 amide bonds. The van der Waals surface area contributed by atoms with Crippen LogP contribution in [-0.2, 0) is 0 Å². The molecule has 1 heteroatoms. The van der Waals surface area contributed by atoms with Crippen molar-refractivity contribution in [3.05, 3.63) is 36.1 Å². The van der Waals surface area contributed by atoms with Crippen LogP contribution in [0.2, 0.25) is 0 Å². The smallest absolute Gasteiger partial charge is 0.0256 e. The van der Waals surface area contributed by atoms with Crippen LogP contribution in [0.4, 0.5) is 0 Å². The lowest BCUT2D eigenvalue weighted by molar-refractivity contribution is 0.696. The highest BCUT2D eigenvalue weighted by atomic mass is 14.7. The third-order valence-corrected chi connectivity index (χ3v) is 2.92. The van der Waals surface area contributed by atoms with Crippen molar-refractivity contribution in [3.63, 3.8) is 0 Å². The summed E-state index contributed by atoms with van der Waals surface area (Å²) in [7, 11) is 0. The first-order valence-corrected chi connectivity index (χ1v) is 5.40. The predicted molar refractivity (Wildman–Crippen MR) is 61.4 cm³/mol. The molecule has 74 valence electrons.